The van der Waals surface area contributed by atoms with Crippen LogP contribution in [0.15, 0.2) is 30.3 Å². The van der Waals surface area contributed by atoms with Crippen LogP contribution in [-0.4, -0.2) is 61.8 Å². The first-order chi connectivity index (χ1) is 12.4. The quantitative estimate of drug-likeness (QED) is 0.643. The number of nitrogens with two attached hydrogens (primary N) is 1. The molecule has 3 N–H and O–H groups in total. The second kappa shape index (κ2) is 7.75. The number of benzene rings is 1. The Hall–Kier alpha value is -1.93. The number of nitrogens with one attached hydrogen (secondary N) is 1. The van der Waals surface area contributed by atoms with Crippen molar-refractivity contribution in [3.63, 3.8) is 0 Å². The fourth-order valence-corrected chi connectivity index (χ4v) is 5.72. The third-order valence-electron chi connectivity index (χ3n) is 5.37. The van der Waals surface area contributed by atoms with Crippen LogP contribution in [-0.2, 0) is 26.0 Å². The molecule has 8 heteroatoms. The van der Waals surface area contributed by atoms with Gasteiger partial charge in [0, 0.05) is 25.4 Å². The van der Waals surface area contributed by atoms with Crippen molar-refractivity contribution >= 4 is 21.7 Å². The van der Waals surface area contributed by atoms with Crippen LogP contribution in [0.3, 0.4) is 0 Å². The lowest BCUT2D eigenvalue weighted by Gasteiger charge is -2.30. The van der Waals surface area contributed by atoms with Crippen molar-refractivity contribution in [3.05, 3.63) is 35.9 Å². The molecule has 0 aromatic heterocycles. The van der Waals surface area contributed by atoms with Gasteiger partial charge in [0.05, 0.1) is 18.1 Å². The predicted molar refractivity (Wildman–Crippen MR) is 97.0 cm³/mol. The van der Waals surface area contributed by atoms with Gasteiger partial charge in [-0.2, -0.15) is 0 Å². The Labute approximate surface area is 154 Å². The monoisotopic (exact) mass is 380 g/mol. The van der Waals surface area contributed by atoms with Crippen LogP contribution in [0.4, 0.5) is 0 Å². The highest BCUT2D eigenvalue weighted by molar-refractivity contribution is 7.91. The summed E-state index contributed by atoms with van der Waals surface area (Å²) in [4.78, 5) is 27.2. The molecule has 3 rings (SSSR count). The zero-order chi connectivity index (χ0) is 18.7. The minimum Gasteiger partial charge on any atom is -0.365 e. The maximum Gasteiger partial charge on any atom is 0.278 e. The van der Waals surface area contributed by atoms with Gasteiger partial charge in [0.25, 0.3) is 11.8 Å². The van der Waals surface area contributed by atoms with Gasteiger partial charge in [-0.1, -0.05) is 30.3 Å². The number of sulfone groups is 1. The van der Waals surface area contributed by atoms with Gasteiger partial charge in [0.1, 0.15) is 0 Å². The third-order valence-corrected chi connectivity index (χ3v) is 7.12. The van der Waals surface area contributed by atoms with Crippen molar-refractivity contribution in [2.45, 2.75) is 37.9 Å². The summed E-state index contributed by atoms with van der Waals surface area (Å²) < 4.78 is 23.8. The topological polar surface area (TPSA) is 102 Å². The zero-order valence-electron chi connectivity index (χ0n) is 14.8. The van der Waals surface area contributed by atoms with Gasteiger partial charge in [-0.15, -0.1) is 0 Å². The predicted octanol–water partition coefficient (Wildman–Crippen LogP) is -1.27. The van der Waals surface area contributed by atoms with Crippen molar-refractivity contribution in [1.29, 1.82) is 0 Å². The lowest BCUT2D eigenvalue weighted by molar-refractivity contribution is -0.895. The molecule has 1 aromatic carbocycles. The second-order valence-corrected chi connectivity index (χ2v) is 9.48. The largest absolute Gasteiger partial charge is 0.365 e. The fraction of sp³-hybridized carbons (Fsp3) is 0.556. The Kier molecular flexibility index (Phi) is 5.62. The van der Waals surface area contributed by atoms with Gasteiger partial charge in [-0.3, -0.25) is 9.59 Å². The molecule has 1 unspecified atom stereocenters. The molecular formula is C18H26N3O4S+. The number of carbonyl (C=O) groups excluding carboxylic acids is 2. The maximum atomic E-state index is 13.0. The molecule has 26 heavy (non-hydrogen) atoms. The summed E-state index contributed by atoms with van der Waals surface area (Å²) in [5.41, 5.74) is 6.42. The first-order valence-electron chi connectivity index (χ1n) is 9.03. The van der Waals surface area contributed by atoms with Gasteiger partial charge in [0.15, 0.2) is 22.4 Å². The van der Waals surface area contributed by atoms with Crippen molar-refractivity contribution < 1.29 is 22.9 Å². The van der Waals surface area contributed by atoms with Crippen molar-refractivity contribution in [3.8, 4) is 0 Å². The average molecular weight is 380 g/mol. The molecule has 2 saturated heterocycles. The van der Waals surface area contributed by atoms with E-state index < -0.39 is 9.84 Å². The van der Waals surface area contributed by atoms with Gasteiger partial charge in [-0.25, -0.2) is 8.42 Å². The lowest BCUT2D eigenvalue weighted by atomic mass is 10.1. The zero-order valence-corrected chi connectivity index (χ0v) is 15.6. The van der Waals surface area contributed by atoms with Crippen LogP contribution in [0.25, 0.3) is 0 Å². The van der Waals surface area contributed by atoms with E-state index in [9.17, 15) is 18.0 Å². The van der Waals surface area contributed by atoms with Crippen LogP contribution in [0, 0.1) is 0 Å². The Morgan fingerprint density at radius 1 is 1.19 bits per heavy atom. The molecular weight excluding hydrogens is 354 g/mol. The van der Waals surface area contributed by atoms with E-state index in [1.807, 2.05) is 30.3 Å². The standard InChI is InChI=1S/C18H25N3O4S/c19-18(23)16-7-4-9-20(16)12-17(22)21(11-14-5-2-1-3-6-14)15-8-10-26(24,25)13-15/h1-3,5-6,15-16H,4,7-13H2,(H2,19,23)/p+1/t15-,16-/m1/s1. The molecule has 1 aromatic rings. The van der Waals surface area contributed by atoms with Crippen molar-refractivity contribution in [2.24, 2.45) is 5.73 Å². The van der Waals surface area contributed by atoms with Crippen LogP contribution in [0.2, 0.25) is 0 Å². The number of quaternary nitrogens is 1. The molecule has 2 heterocycles. The minimum atomic E-state index is -3.09. The summed E-state index contributed by atoms with van der Waals surface area (Å²) in [6.45, 7) is 1.30. The van der Waals surface area contributed by atoms with Crippen LogP contribution in [0.5, 0.6) is 0 Å². The van der Waals surface area contributed by atoms with E-state index in [1.165, 1.54) is 0 Å². The van der Waals surface area contributed by atoms with E-state index in [0.717, 1.165) is 23.4 Å². The number of primary amides is 1. The molecule has 2 aliphatic rings. The van der Waals surface area contributed by atoms with Crippen LogP contribution in [0.1, 0.15) is 24.8 Å². The molecule has 2 aliphatic heterocycles. The highest BCUT2D eigenvalue weighted by Gasteiger charge is 2.39. The van der Waals surface area contributed by atoms with Gasteiger partial charge in [0.2, 0.25) is 0 Å². The van der Waals surface area contributed by atoms with E-state index in [4.69, 9.17) is 5.73 Å². The summed E-state index contributed by atoms with van der Waals surface area (Å²) in [6.07, 6.45) is 2.04. The Bertz CT molecular complexity index is 766. The molecule has 142 valence electrons. The molecule has 2 amide bonds. The van der Waals surface area contributed by atoms with Crippen LogP contribution >= 0.6 is 0 Å². The summed E-state index contributed by atoms with van der Waals surface area (Å²) in [5, 5.41) is 0. The summed E-state index contributed by atoms with van der Waals surface area (Å²) in [6, 6.07) is 8.93. The number of likely N-dealkylation sites (tertiary alicyclic amines) is 1. The Morgan fingerprint density at radius 2 is 1.92 bits per heavy atom. The third kappa shape index (κ3) is 4.42. The highest BCUT2D eigenvalue weighted by atomic mass is 32.2. The maximum absolute atomic E-state index is 13.0. The molecule has 0 aliphatic carbocycles. The second-order valence-electron chi connectivity index (χ2n) is 7.25. The molecule has 2 fully saturated rings. The molecule has 0 radical (unpaired) electrons. The number of nitrogens with zero attached hydrogens (tertiary/aromatic N) is 1. The number of rotatable bonds is 6. The van der Waals surface area contributed by atoms with E-state index in [1.54, 1.807) is 4.90 Å². The van der Waals surface area contributed by atoms with Crippen molar-refractivity contribution in [1.82, 2.24) is 4.90 Å². The Morgan fingerprint density at radius 3 is 2.54 bits per heavy atom. The Balaban J connectivity index is 1.76. The molecule has 3 atom stereocenters. The molecule has 7 nitrogen and oxygen atoms in total. The smallest absolute Gasteiger partial charge is 0.278 e. The molecule has 0 spiro atoms. The summed E-state index contributed by atoms with van der Waals surface area (Å²) in [7, 11) is -3.09. The molecule has 0 bridgehead atoms. The van der Waals surface area contributed by atoms with Crippen LogP contribution < -0.4 is 10.6 Å². The van der Waals surface area contributed by atoms with Crippen molar-refractivity contribution in [2.75, 3.05) is 24.6 Å². The number of hydrogen-bond acceptors (Lipinski definition) is 4. The number of hydrogen-bond donors (Lipinski definition) is 2. The van der Waals surface area contributed by atoms with E-state index >= 15 is 0 Å². The van der Waals surface area contributed by atoms with E-state index in [-0.39, 0.29) is 41.9 Å². The first kappa shape index (κ1) is 18.8. The van der Waals surface area contributed by atoms with E-state index in [0.29, 0.717) is 19.4 Å². The molecule has 0 saturated carbocycles. The van der Waals surface area contributed by atoms with E-state index in [2.05, 4.69) is 0 Å². The SMILES string of the molecule is NC(=O)[C@H]1CCC[NH+]1CC(=O)N(Cc1ccccc1)[C@@H]1CCS(=O)(=O)C1. The average Bonchev–Trinajstić information content (AvgIpc) is 3.19. The normalized spacial score (nSPS) is 27.3. The van der Waals surface area contributed by atoms with Gasteiger partial charge < -0.3 is 15.5 Å². The fourth-order valence-electron chi connectivity index (χ4n) is 3.98. The van der Waals surface area contributed by atoms with Gasteiger partial charge >= 0.3 is 0 Å². The number of carbonyl (C=O) groups is 2. The highest BCUT2D eigenvalue weighted by Crippen LogP contribution is 2.20. The minimum absolute atomic E-state index is 0.0140. The lowest BCUT2D eigenvalue weighted by Crippen LogP contribution is -3.16. The van der Waals surface area contributed by atoms with Gasteiger partial charge in [-0.05, 0) is 12.0 Å². The summed E-state index contributed by atoms with van der Waals surface area (Å²) in [5.74, 6) is -0.348. The number of amides is 2. The first-order valence-corrected chi connectivity index (χ1v) is 10.9. The summed E-state index contributed by atoms with van der Waals surface area (Å²) >= 11 is 0.